The lowest BCUT2D eigenvalue weighted by atomic mass is 10.1. The molecule has 2 aromatic carbocycles. The first-order valence-corrected chi connectivity index (χ1v) is 11.2. The van der Waals surface area contributed by atoms with Crippen molar-refractivity contribution in [2.75, 3.05) is 18.0 Å². The van der Waals surface area contributed by atoms with E-state index < -0.39 is 29.4 Å². The van der Waals surface area contributed by atoms with E-state index in [1.54, 1.807) is 34.0 Å². The molecule has 3 aromatic rings. The Balaban J connectivity index is 1.52. The molecule has 35 heavy (non-hydrogen) atoms. The van der Waals surface area contributed by atoms with Crippen LogP contribution in [-0.4, -0.2) is 40.9 Å². The average molecular weight is 483 g/mol. The number of carbonyl (C=O) groups excluding carboxylic acids is 1. The van der Waals surface area contributed by atoms with Crippen LogP contribution in [-0.2, 0) is 17.5 Å². The molecule has 1 aromatic heterocycles. The molecule has 0 aliphatic carbocycles. The van der Waals surface area contributed by atoms with Gasteiger partial charge in [-0.05, 0) is 42.8 Å². The van der Waals surface area contributed by atoms with E-state index in [2.05, 4.69) is 10.4 Å². The van der Waals surface area contributed by atoms with Gasteiger partial charge in [-0.3, -0.25) is 9.48 Å². The van der Waals surface area contributed by atoms with Crippen molar-refractivity contribution in [3.05, 3.63) is 78.1 Å². The first kappa shape index (κ1) is 24.1. The summed E-state index contributed by atoms with van der Waals surface area (Å²) in [5.74, 6) is 0.330. The first-order valence-electron chi connectivity index (χ1n) is 11.2. The summed E-state index contributed by atoms with van der Waals surface area (Å²) >= 11 is 0. The van der Waals surface area contributed by atoms with E-state index in [-0.39, 0.29) is 18.1 Å². The molecule has 2 heterocycles. The molecular weight excluding hydrogens is 459 g/mol. The van der Waals surface area contributed by atoms with E-state index in [1.165, 1.54) is 6.07 Å². The molecule has 1 amide bonds. The largest absolute Gasteiger partial charge is 0.488 e. The zero-order valence-corrected chi connectivity index (χ0v) is 18.8. The molecule has 4 rings (SSSR count). The third-order valence-electron chi connectivity index (χ3n) is 5.79. The van der Waals surface area contributed by atoms with Crippen LogP contribution in [0.3, 0.4) is 0 Å². The maximum Gasteiger partial charge on any atom is 0.417 e. The molecule has 1 fully saturated rings. The highest BCUT2D eigenvalue weighted by Gasteiger charge is 2.40. The minimum Gasteiger partial charge on any atom is -0.488 e. The van der Waals surface area contributed by atoms with Gasteiger partial charge in [0.05, 0.1) is 23.7 Å². The van der Waals surface area contributed by atoms with Gasteiger partial charge in [0.1, 0.15) is 17.9 Å². The third kappa shape index (κ3) is 5.93. The van der Waals surface area contributed by atoms with E-state index in [9.17, 15) is 18.0 Å². The van der Waals surface area contributed by atoms with Gasteiger partial charge in [0.2, 0.25) is 5.91 Å². The summed E-state index contributed by atoms with van der Waals surface area (Å²) in [5, 5.41) is 16.1. The zero-order valence-electron chi connectivity index (χ0n) is 18.8. The number of alkyl halides is 3. The summed E-state index contributed by atoms with van der Waals surface area (Å²) < 4.78 is 48.5. The second-order valence-electron chi connectivity index (χ2n) is 8.21. The Hall–Kier alpha value is -4.00. The highest BCUT2D eigenvalue weighted by atomic mass is 19.4. The number of nitrogens with one attached hydrogen (secondary N) is 1. The number of hydrogen-bond donors (Lipinski definition) is 1. The summed E-state index contributed by atoms with van der Waals surface area (Å²) in [4.78, 5) is 14.7. The molecule has 1 N–H and O–H groups in total. The van der Waals surface area contributed by atoms with Gasteiger partial charge in [0.15, 0.2) is 0 Å². The Bertz CT molecular complexity index is 1180. The number of benzene rings is 2. The lowest BCUT2D eigenvalue weighted by molar-refractivity contribution is -0.137. The Morgan fingerprint density at radius 1 is 1.20 bits per heavy atom. The Morgan fingerprint density at radius 2 is 2.00 bits per heavy atom. The number of aryl methyl sites for hydroxylation is 1. The number of carbonyl (C=O) groups is 1. The summed E-state index contributed by atoms with van der Waals surface area (Å²) in [6.07, 6.45) is -0.628. The van der Waals surface area contributed by atoms with E-state index in [0.717, 1.165) is 12.1 Å². The summed E-state index contributed by atoms with van der Waals surface area (Å²) in [7, 11) is 0. The second-order valence-corrected chi connectivity index (χ2v) is 8.21. The summed E-state index contributed by atoms with van der Waals surface area (Å²) in [6.45, 7) is 1.25. The van der Waals surface area contributed by atoms with Crippen LogP contribution < -0.4 is 15.0 Å². The van der Waals surface area contributed by atoms with Crippen molar-refractivity contribution in [2.45, 2.75) is 37.7 Å². The number of halogens is 3. The molecule has 1 aliphatic heterocycles. The van der Waals surface area contributed by atoms with Crippen molar-refractivity contribution in [3.8, 4) is 11.8 Å². The number of aromatic nitrogens is 2. The minimum atomic E-state index is -4.69. The predicted molar refractivity (Wildman–Crippen MR) is 123 cm³/mol. The average Bonchev–Trinajstić information content (AvgIpc) is 3.52. The number of rotatable bonds is 8. The van der Waals surface area contributed by atoms with Crippen LogP contribution in [0.4, 0.5) is 18.9 Å². The van der Waals surface area contributed by atoms with Crippen molar-refractivity contribution in [2.24, 2.45) is 0 Å². The summed E-state index contributed by atoms with van der Waals surface area (Å²) in [6, 6.07) is 15.3. The van der Waals surface area contributed by atoms with Crippen LogP contribution in [0.1, 0.15) is 24.0 Å². The van der Waals surface area contributed by atoms with Crippen molar-refractivity contribution in [3.63, 3.8) is 0 Å². The topological polar surface area (TPSA) is 83.2 Å². The van der Waals surface area contributed by atoms with Crippen LogP contribution in [0.2, 0.25) is 0 Å². The van der Waals surface area contributed by atoms with Gasteiger partial charge in [0.25, 0.3) is 0 Å². The third-order valence-corrected chi connectivity index (χ3v) is 5.79. The molecule has 2 atom stereocenters. The fourth-order valence-corrected chi connectivity index (χ4v) is 4.15. The molecule has 7 nitrogen and oxygen atoms in total. The fraction of sp³-hybridized carbons (Fsp3) is 0.320. The van der Waals surface area contributed by atoms with E-state index in [0.29, 0.717) is 31.7 Å². The smallest absolute Gasteiger partial charge is 0.417 e. The number of amides is 1. The molecule has 0 saturated carbocycles. The molecule has 0 radical (unpaired) electrons. The number of anilines is 1. The van der Waals surface area contributed by atoms with Gasteiger partial charge in [0, 0.05) is 37.6 Å². The van der Waals surface area contributed by atoms with E-state index >= 15 is 0 Å². The van der Waals surface area contributed by atoms with Crippen LogP contribution in [0.15, 0.2) is 67.0 Å². The monoisotopic (exact) mass is 483 g/mol. The molecule has 182 valence electrons. The van der Waals surface area contributed by atoms with Crippen LogP contribution in [0.25, 0.3) is 0 Å². The number of hydrogen-bond acceptors (Lipinski definition) is 5. The van der Waals surface area contributed by atoms with Crippen LogP contribution in [0.5, 0.6) is 5.75 Å². The lowest BCUT2D eigenvalue weighted by Gasteiger charge is -2.26. The second kappa shape index (κ2) is 10.5. The Kier molecular flexibility index (Phi) is 7.25. The number of para-hydroxylation sites is 1. The molecule has 0 spiro atoms. The minimum absolute atomic E-state index is 0.215. The van der Waals surface area contributed by atoms with Gasteiger partial charge >= 0.3 is 6.18 Å². The van der Waals surface area contributed by atoms with E-state index in [4.69, 9.17) is 10.00 Å². The summed E-state index contributed by atoms with van der Waals surface area (Å²) in [5.41, 5.74) is -1.27. The van der Waals surface area contributed by atoms with E-state index in [1.807, 2.05) is 30.5 Å². The van der Waals surface area contributed by atoms with Gasteiger partial charge in [-0.15, -0.1) is 0 Å². The molecule has 1 aliphatic rings. The number of nitriles is 1. The molecule has 0 unspecified atom stereocenters. The van der Waals surface area contributed by atoms with Gasteiger partial charge in [-0.1, -0.05) is 18.2 Å². The van der Waals surface area contributed by atoms with Crippen molar-refractivity contribution in [1.29, 1.82) is 5.26 Å². The molecular formula is C25H24F3N5O2. The number of ether oxygens (including phenoxy) is 1. The SMILES string of the molecule is N#Cc1ccc(N2C[C@@H](Oc3ccccc3)C[C@H]2C(=O)NCCCn2cccn2)cc1C(F)(F)F. The van der Waals surface area contributed by atoms with Crippen LogP contribution in [0, 0.1) is 11.3 Å². The maximum atomic E-state index is 13.6. The van der Waals surface area contributed by atoms with Crippen molar-refractivity contribution in [1.82, 2.24) is 15.1 Å². The van der Waals surface area contributed by atoms with Gasteiger partial charge in [-0.2, -0.15) is 23.5 Å². The van der Waals surface area contributed by atoms with Crippen LogP contribution >= 0.6 is 0 Å². The molecule has 1 saturated heterocycles. The van der Waals surface area contributed by atoms with Gasteiger partial charge in [-0.25, -0.2) is 0 Å². The van der Waals surface area contributed by atoms with Gasteiger partial charge < -0.3 is 15.0 Å². The quantitative estimate of drug-likeness (QED) is 0.490. The fourth-order valence-electron chi connectivity index (χ4n) is 4.15. The molecule has 0 bridgehead atoms. The maximum absolute atomic E-state index is 13.6. The highest BCUT2D eigenvalue weighted by molar-refractivity contribution is 5.86. The zero-order chi connectivity index (χ0) is 24.8. The van der Waals surface area contributed by atoms with Crippen molar-refractivity contribution < 1.29 is 22.7 Å². The predicted octanol–water partition coefficient (Wildman–Crippen LogP) is 4.01. The Labute approximate surface area is 200 Å². The normalized spacial score (nSPS) is 17.7. The first-order chi connectivity index (χ1) is 16.8. The number of nitrogens with zero attached hydrogens (tertiary/aromatic N) is 4. The molecule has 10 heteroatoms. The highest BCUT2D eigenvalue weighted by Crippen LogP contribution is 2.36. The Morgan fingerprint density at radius 3 is 2.69 bits per heavy atom. The lowest BCUT2D eigenvalue weighted by Crippen LogP contribution is -2.43. The standard InChI is InChI=1S/C25H24F3N5O2/c26-25(27,28)22-14-19(9-8-18(22)16-29)33-17-21(35-20-6-2-1-3-7-20)15-23(33)24(34)30-10-4-12-32-13-5-11-31-32/h1-3,5-9,11,13-14,21,23H,4,10,12,15,17H2,(H,30,34)/t21-,23-/m0/s1. The van der Waals surface area contributed by atoms with Crippen molar-refractivity contribution >= 4 is 11.6 Å².